The summed E-state index contributed by atoms with van der Waals surface area (Å²) in [7, 11) is 0. The third-order valence-corrected chi connectivity index (χ3v) is 3.43. The number of nitrogens with one attached hydrogen (secondary N) is 1. The first kappa shape index (κ1) is 17.0. The van der Waals surface area contributed by atoms with Gasteiger partial charge < -0.3 is 11.1 Å². The second kappa shape index (κ2) is 7.28. The number of benzene rings is 2. The molecule has 6 heteroatoms. The number of nitrogens with two attached hydrogens (primary N) is 1. The van der Waals surface area contributed by atoms with Gasteiger partial charge >= 0.3 is 6.18 Å². The molecule has 1 unspecified atom stereocenters. The molecule has 1 amide bonds. The highest BCUT2D eigenvalue weighted by Gasteiger charge is 2.32. The Morgan fingerprint density at radius 1 is 1.04 bits per heavy atom. The summed E-state index contributed by atoms with van der Waals surface area (Å²) in [6, 6.07) is 14.1. The van der Waals surface area contributed by atoms with E-state index in [4.69, 9.17) is 5.73 Å². The molecule has 3 N–H and O–H groups in total. The summed E-state index contributed by atoms with van der Waals surface area (Å²) in [5, 5.41) is 2.92. The lowest BCUT2D eigenvalue weighted by atomic mass is 10.0. The lowest BCUT2D eigenvalue weighted by Crippen LogP contribution is -2.26. The van der Waals surface area contributed by atoms with Crippen LogP contribution < -0.4 is 11.1 Å². The largest absolute Gasteiger partial charge is 0.390 e. The van der Waals surface area contributed by atoms with Crippen LogP contribution in [0.1, 0.15) is 33.9 Å². The first-order valence-electron chi connectivity index (χ1n) is 7.09. The number of halogens is 3. The van der Waals surface area contributed by atoms with Crippen LogP contribution in [0.15, 0.2) is 54.6 Å². The van der Waals surface area contributed by atoms with E-state index in [1.165, 1.54) is 0 Å². The van der Waals surface area contributed by atoms with Gasteiger partial charge in [0.2, 0.25) is 5.91 Å². The van der Waals surface area contributed by atoms with Gasteiger partial charge in [0.1, 0.15) is 0 Å². The van der Waals surface area contributed by atoms with Gasteiger partial charge in [0.05, 0.1) is 6.42 Å². The van der Waals surface area contributed by atoms with Gasteiger partial charge in [-0.15, -0.1) is 0 Å². The molecule has 0 radical (unpaired) electrons. The monoisotopic (exact) mass is 322 g/mol. The maximum Gasteiger partial charge on any atom is 0.390 e. The van der Waals surface area contributed by atoms with Crippen LogP contribution in [0, 0.1) is 0 Å². The van der Waals surface area contributed by atoms with Crippen LogP contribution in [0.25, 0.3) is 0 Å². The topological polar surface area (TPSA) is 55.1 Å². The molecular formula is C17H17F3N2O. The highest BCUT2D eigenvalue weighted by Crippen LogP contribution is 2.29. The summed E-state index contributed by atoms with van der Waals surface area (Å²) in [6.07, 6.45) is -5.21. The fraction of sp³-hybridized carbons (Fsp3) is 0.235. The van der Waals surface area contributed by atoms with Crippen molar-refractivity contribution in [1.29, 1.82) is 0 Å². The molecule has 0 fully saturated rings. The zero-order chi connectivity index (χ0) is 16.9. The summed E-state index contributed by atoms with van der Waals surface area (Å²) in [6.45, 7) is 0.259. The van der Waals surface area contributed by atoms with Gasteiger partial charge in [-0.3, -0.25) is 4.79 Å². The molecule has 2 aromatic carbocycles. The Labute approximate surface area is 132 Å². The molecule has 0 aromatic heterocycles. The van der Waals surface area contributed by atoms with E-state index in [0.717, 1.165) is 5.56 Å². The molecule has 0 saturated carbocycles. The van der Waals surface area contributed by atoms with E-state index >= 15 is 0 Å². The smallest absolute Gasteiger partial charge is 0.366 e. The summed E-state index contributed by atoms with van der Waals surface area (Å²) in [5.74, 6) is -0.538. The maximum atomic E-state index is 12.8. The van der Waals surface area contributed by atoms with E-state index in [1.54, 1.807) is 54.6 Å². The van der Waals surface area contributed by atoms with Crippen molar-refractivity contribution in [1.82, 2.24) is 5.32 Å². The number of carbonyl (C=O) groups excluding carboxylic acids is 1. The molecule has 0 spiro atoms. The van der Waals surface area contributed by atoms with Gasteiger partial charge in [0.15, 0.2) is 0 Å². The summed E-state index contributed by atoms with van der Waals surface area (Å²) >= 11 is 0. The van der Waals surface area contributed by atoms with Gasteiger partial charge in [-0.2, -0.15) is 13.2 Å². The molecule has 3 nitrogen and oxygen atoms in total. The van der Waals surface area contributed by atoms with Crippen molar-refractivity contribution in [2.45, 2.75) is 25.2 Å². The SMILES string of the molecule is NC(=O)c1ccc(CNC(CC(F)(F)F)c2ccccc2)cc1. The number of alkyl halides is 3. The molecule has 0 aliphatic heterocycles. The lowest BCUT2D eigenvalue weighted by molar-refractivity contribution is -0.140. The van der Waals surface area contributed by atoms with Crippen molar-refractivity contribution < 1.29 is 18.0 Å². The minimum absolute atomic E-state index is 0.259. The summed E-state index contributed by atoms with van der Waals surface area (Å²) in [4.78, 5) is 11.0. The fourth-order valence-corrected chi connectivity index (χ4v) is 2.25. The third kappa shape index (κ3) is 5.41. The van der Waals surface area contributed by atoms with E-state index in [9.17, 15) is 18.0 Å². The zero-order valence-electron chi connectivity index (χ0n) is 12.3. The maximum absolute atomic E-state index is 12.8. The van der Waals surface area contributed by atoms with Crippen LogP contribution in [0.4, 0.5) is 13.2 Å². The van der Waals surface area contributed by atoms with Crippen LogP contribution in [0.3, 0.4) is 0 Å². The van der Waals surface area contributed by atoms with Gasteiger partial charge in [-0.05, 0) is 23.3 Å². The number of amides is 1. The Balaban J connectivity index is 2.07. The molecule has 0 bridgehead atoms. The average Bonchev–Trinajstić information content (AvgIpc) is 2.51. The van der Waals surface area contributed by atoms with Crippen LogP contribution >= 0.6 is 0 Å². The normalized spacial score (nSPS) is 12.8. The van der Waals surface area contributed by atoms with Crippen molar-refractivity contribution in [2.24, 2.45) is 5.73 Å². The number of hydrogen-bond acceptors (Lipinski definition) is 2. The van der Waals surface area contributed by atoms with Crippen LogP contribution in [0.2, 0.25) is 0 Å². The second-order valence-corrected chi connectivity index (χ2v) is 5.22. The molecule has 0 saturated heterocycles. The van der Waals surface area contributed by atoms with Gasteiger partial charge in [-0.25, -0.2) is 0 Å². The van der Waals surface area contributed by atoms with E-state index in [-0.39, 0.29) is 6.54 Å². The number of hydrogen-bond donors (Lipinski definition) is 2. The molecule has 2 rings (SSSR count). The van der Waals surface area contributed by atoms with Gasteiger partial charge in [0.25, 0.3) is 0 Å². The molecule has 122 valence electrons. The zero-order valence-corrected chi connectivity index (χ0v) is 12.3. The van der Waals surface area contributed by atoms with E-state index < -0.39 is 24.5 Å². The van der Waals surface area contributed by atoms with E-state index in [0.29, 0.717) is 11.1 Å². The van der Waals surface area contributed by atoms with Crippen molar-refractivity contribution in [2.75, 3.05) is 0 Å². The predicted molar refractivity (Wildman–Crippen MR) is 81.7 cm³/mol. The Morgan fingerprint density at radius 2 is 1.65 bits per heavy atom. The quantitative estimate of drug-likeness (QED) is 0.854. The number of carbonyl (C=O) groups is 1. The fourth-order valence-electron chi connectivity index (χ4n) is 2.25. The van der Waals surface area contributed by atoms with E-state index in [2.05, 4.69) is 5.32 Å². The van der Waals surface area contributed by atoms with Gasteiger partial charge in [-0.1, -0.05) is 42.5 Å². The first-order chi connectivity index (χ1) is 10.8. The van der Waals surface area contributed by atoms with Crippen molar-refractivity contribution >= 4 is 5.91 Å². The standard InChI is InChI=1S/C17H17F3N2O/c18-17(19,20)10-15(13-4-2-1-3-5-13)22-11-12-6-8-14(9-7-12)16(21)23/h1-9,15,22H,10-11H2,(H2,21,23). The highest BCUT2D eigenvalue weighted by molar-refractivity contribution is 5.92. The predicted octanol–water partition coefficient (Wildman–Crippen LogP) is 3.57. The van der Waals surface area contributed by atoms with Crippen LogP contribution in [-0.4, -0.2) is 12.1 Å². The minimum atomic E-state index is -4.26. The minimum Gasteiger partial charge on any atom is -0.366 e. The Hall–Kier alpha value is -2.34. The average molecular weight is 322 g/mol. The van der Waals surface area contributed by atoms with Crippen molar-refractivity contribution in [3.8, 4) is 0 Å². The van der Waals surface area contributed by atoms with Gasteiger partial charge in [0, 0.05) is 18.2 Å². The van der Waals surface area contributed by atoms with Crippen LogP contribution in [0.5, 0.6) is 0 Å². The Bertz CT molecular complexity index is 639. The molecule has 1 atom stereocenters. The van der Waals surface area contributed by atoms with Crippen LogP contribution in [-0.2, 0) is 6.54 Å². The molecule has 0 aliphatic rings. The molecular weight excluding hydrogens is 305 g/mol. The molecule has 23 heavy (non-hydrogen) atoms. The summed E-state index contributed by atoms with van der Waals surface area (Å²) < 4.78 is 38.3. The second-order valence-electron chi connectivity index (χ2n) is 5.22. The number of rotatable bonds is 6. The van der Waals surface area contributed by atoms with Crippen molar-refractivity contribution in [3.05, 3.63) is 71.3 Å². The summed E-state index contributed by atoms with van der Waals surface area (Å²) in [5.41, 5.74) is 6.87. The third-order valence-electron chi connectivity index (χ3n) is 3.43. The highest BCUT2D eigenvalue weighted by atomic mass is 19.4. The first-order valence-corrected chi connectivity index (χ1v) is 7.09. The Morgan fingerprint density at radius 3 is 2.17 bits per heavy atom. The Kier molecular flexibility index (Phi) is 5.39. The van der Waals surface area contributed by atoms with Crippen molar-refractivity contribution in [3.63, 3.8) is 0 Å². The lowest BCUT2D eigenvalue weighted by Gasteiger charge is -2.21. The molecule has 0 aliphatic carbocycles. The molecule has 2 aromatic rings. The molecule has 0 heterocycles. The van der Waals surface area contributed by atoms with E-state index in [1.807, 2.05) is 0 Å². The number of primary amides is 1.